The number of nitrogens with zero attached hydrogens (tertiary/aromatic N) is 1. The minimum Gasteiger partial charge on any atom is -0.455 e. The lowest BCUT2D eigenvalue weighted by Gasteiger charge is -2.19. The standard InChI is InChI=1S/C24H20Cl2N2O2/c1-13-11-17(15(3)27-19-9-10-20(25)28-24(19)26)23-18(12-13)21(29)14(2)22(30-23)16-7-5-4-6-8-16/h4-12,15,27H,1-3H3. The van der Waals surface area contributed by atoms with Gasteiger partial charge in [0.25, 0.3) is 0 Å². The maximum atomic E-state index is 13.2. The lowest BCUT2D eigenvalue weighted by Crippen LogP contribution is -2.12. The first-order chi connectivity index (χ1) is 14.3. The maximum Gasteiger partial charge on any atom is 0.196 e. The van der Waals surface area contributed by atoms with Crippen LogP contribution in [0.4, 0.5) is 5.69 Å². The van der Waals surface area contributed by atoms with E-state index in [9.17, 15) is 4.79 Å². The van der Waals surface area contributed by atoms with Crippen molar-refractivity contribution in [3.05, 3.63) is 91.8 Å². The van der Waals surface area contributed by atoms with E-state index >= 15 is 0 Å². The van der Waals surface area contributed by atoms with E-state index in [1.807, 2.05) is 56.3 Å². The Bertz CT molecular complexity index is 1300. The predicted octanol–water partition coefficient (Wildman–Crippen LogP) is 6.95. The minimum atomic E-state index is -0.192. The van der Waals surface area contributed by atoms with Crippen molar-refractivity contribution in [2.75, 3.05) is 5.32 Å². The monoisotopic (exact) mass is 438 g/mol. The van der Waals surface area contributed by atoms with Gasteiger partial charge in [-0.25, -0.2) is 4.98 Å². The lowest BCUT2D eigenvalue weighted by molar-refractivity contribution is 0.605. The molecule has 0 saturated carbocycles. The minimum absolute atomic E-state index is 0.0292. The molecule has 0 aliphatic heterocycles. The number of hydrogen-bond acceptors (Lipinski definition) is 4. The molecule has 4 rings (SSSR count). The Morgan fingerprint density at radius 3 is 2.47 bits per heavy atom. The molecule has 1 unspecified atom stereocenters. The number of pyridine rings is 1. The van der Waals surface area contributed by atoms with Crippen LogP contribution in [0.1, 0.15) is 29.7 Å². The van der Waals surface area contributed by atoms with Crippen LogP contribution in [0.2, 0.25) is 10.3 Å². The number of halogens is 2. The molecule has 1 atom stereocenters. The van der Waals surface area contributed by atoms with Crippen LogP contribution in [0.5, 0.6) is 0 Å². The molecular weight excluding hydrogens is 419 g/mol. The Kier molecular flexibility index (Phi) is 5.54. The van der Waals surface area contributed by atoms with Crippen molar-refractivity contribution in [1.82, 2.24) is 4.98 Å². The molecule has 2 aromatic heterocycles. The number of anilines is 1. The Labute approximate surface area is 184 Å². The third-order valence-electron chi connectivity index (χ3n) is 5.08. The van der Waals surface area contributed by atoms with E-state index in [2.05, 4.69) is 10.3 Å². The quantitative estimate of drug-likeness (QED) is 0.350. The first-order valence-corrected chi connectivity index (χ1v) is 10.3. The highest BCUT2D eigenvalue weighted by Crippen LogP contribution is 2.33. The summed E-state index contributed by atoms with van der Waals surface area (Å²) < 4.78 is 6.34. The molecule has 2 heterocycles. The average molecular weight is 439 g/mol. The molecular formula is C24H20Cl2N2O2. The third-order valence-corrected chi connectivity index (χ3v) is 5.58. The molecule has 4 nitrogen and oxygen atoms in total. The van der Waals surface area contributed by atoms with Gasteiger partial charge in [0.2, 0.25) is 0 Å². The Morgan fingerprint density at radius 1 is 1.03 bits per heavy atom. The van der Waals surface area contributed by atoms with Crippen molar-refractivity contribution < 1.29 is 4.42 Å². The maximum absolute atomic E-state index is 13.2. The molecule has 0 amide bonds. The van der Waals surface area contributed by atoms with Crippen LogP contribution in [-0.2, 0) is 0 Å². The molecule has 152 valence electrons. The van der Waals surface area contributed by atoms with Gasteiger partial charge in [0, 0.05) is 16.7 Å². The predicted molar refractivity (Wildman–Crippen MR) is 124 cm³/mol. The van der Waals surface area contributed by atoms with Crippen LogP contribution >= 0.6 is 23.2 Å². The molecule has 6 heteroatoms. The fourth-order valence-electron chi connectivity index (χ4n) is 3.58. The zero-order chi connectivity index (χ0) is 21.4. The van der Waals surface area contributed by atoms with Crippen LogP contribution in [0, 0.1) is 13.8 Å². The summed E-state index contributed by atoms with van der Waals surface area (Å²) in [5, 5.41) is 4.53. The van der Waals surface area contributed by atoms with Crippen LogP contribution in [0.3, 0.4) is 0 Å². The van der Waals surface area contributed by atoms with Gasteiger partial charge >= 0.3 is 0 Å². The first-order valence-electron chi connectivity index (χ1n) is 9.57. The fourth-order valence-corrected chi connectivity index (χ4v) is 3.98. The van der Waals surface area contributed by atoms with Gasteiger partial charge in [0.05, 0.1) is 17.1 Å². The van der Waals surface area contributed by atoms with Gasteiger partial charge < -0.3 is 9.73 Å². The highest BCUT2D eigenvalue weighted by Gasteiger charge is 2.19. The molecule has 0 spiro atoms. The SMILES string of the molecule is Cc1cc(C(C)Nc2ccc(Cl)nc2Cl)c2oc(-c3ccccc3)c(C)c(=O)c2c1. The number of rotatable bonds is 4. The zero-order valence-electron chi connectivity index (χ0n) is 16.8. The van der Waals surface area contributed by atoms with Crippen molar-refractivity contribution in [2.24, 2.45) is 0 Å². The Hall–Kier alpha value is -2.82. The third kappa shape index (κ3) is 3.81. The summed E-state index contributed by atoms with van der Waals surface area (Å²) in [6, 6.07) is 16.8. The molecule has 0 saturated heterocycles. The Morgan fingerprint density at radius 2 is 1.77 bits per heavy atom. The van der Waals surface area contributed by atoms with Crippen molar-refractivity contribution >= 4 is 39.9 Å². The lowest BCUT2D eigenvalue weighted by atomic mass is 9.99. The molecule has 4 aromatic rings. The number of aromatic nitrogens is 1. The van der Waals surface area contributed by atoms with Crippen molar-refractivity contribution in [3.63, 3.8) is 0 Å². The van der Waals surface area contributed by atoms with Gasteiger partial charge in [0.15, 0.2) is 10.6 Å². The molecule has 30 heavy (non-hydrogen) atoms. The second kappa shape index (κ2) is 8.13. The highest BCUT2D eigenvalue weighted by atomic mass is 35.5. The van der Waals surface area contributed by atoms with E-state index in [1.54, 1.807) is 19.1 Å². The molecule has 0 aliphatic rings. The fraction of sp³-hybridized carbons (Fsp3) is 0.167. The Balaban J connectivity index is 1.89. The largest absolute Gasteiger partial charge is 0.455 e. The van der Waals surface area contributed by atoms with Crippen molar-refractivity contribution in [2.45, 2.75) is 26.8 Å². The van der Waals surface area contributed by atoms with E-state index in [4.69, 9.17) is 27.6 Å². The van der Waals surface area contributed by atoms with Gasteiger partial charge in [-0.2, -0.15) is 0 Å². The van der Waals surface area contributed by atoms with E-state index < -0.39 is 0 Å². The summed E-state index contributed by atoms with van der Waals surface area (Å²) in [7, 11) is 0. The smallest absolute Gasteiger partial charge is 0.196 e. The van der Waals surface area contributed by atoms with Crippen molar-refractivity contribution in [3.8, 4) is 11.3 Å². The normalized spacial score (nSPS) is 12.2. The number of aryl methyl sites for hydroxylation is 1. The summed E-state index contributed by atoms with van der Waals surface area (Å²) in [6.07, 6.45) is 0. The summed E-state index contributed by atoms with van der Waals surface area (Å²) in [5.41, 5.74) is 4.49. The highest BCUT2D eigenvalue weighted by molar-refractivity contribution is 6.34. The summed E-state index contributed by atoms with van der Waals surface area (Å²) in [4.78, 5) is 17.2. The van der Waals surface area contributed by atoms with Crippen LogP contribution in [0.15, 0.2) is 63.8 Å². The second-order valence-corrected chi connectivity index (χ2v) is 8.07. The second-order valence-electron chi connectivity index (χ2n) is 7.32. The van der Waals surface area contributed by atoms with Gasteiger partial charge in [-0.1, -0.05) is 59.6 Å². The van der Waals surface area contributed by atoms with Gasteiger partial charge in [-0.3, -0.25) is 4.79 Å². The van der Waals surface area contributed by atoms with Gasteiger partial charge in [0.1, 0.15) is 16.5 Å². The summed E-state index contributed by atoms with van der Waals surface area (Å²) in [5.74, 6) is 0.580. The zero-order valence-corrected chi connectivity index (χ0v) is 18.3. The van der Waals surface area contributed by atoms with E-state index in [0.717, 1.165) is 16.7 Å². The average Bonchev–Trinajstić information content (AvgIpc) is 2.73. The molecule has 0 bridgehead atoms. The number of nitrogens with one attached hydrogen (secondary N) is 1. The topological polar surface area (TPSA) is 55.1 Å². The summed E-state index contributed by atoms with van der Waals surface area (Å²) in [6.45, 7) is 5.75. The van der Waals surface area contributed by atoms with Crippen molar-refractivity contribution in [1.29, 1.82) is 0 Å². The van der Waals surface area contributed by atoms with E-state index in [0.29, 0.717) is 33.1 Å². The van der Waals surface area contributed by atoms with Crippen LogP contribution in [0.25, 0.3) is 22.3 Å². The number of hydrogen-bond donors (Lipinski definition) is 1. The molecule has 0 fully saturated rings. The first kappa shape index (κ1) is 20.5. The van der Waals surface area contributed by atoms with E-state index in [1.165, 1.54) is 0 Å². The number of benzene rings is 2. The van der Waals surface area contributed by atoms with Crippen LogP contribution < -0.4 is 10.7 Å². The van der Waals surface area contributed by atoms with Crippen LogP contribution in [-0.4, -0.2) is 4.98 Å². The molecule has 2 aromatic carbocycles. The molecule has 0 radical (unpaired) electrons. The van der Waals surface area contributed by atoms with Gasteiger partial charge in [-0.15, -0.1) is 0 Å². The van der Waals surface area contributed by atoms with E-state index in [-0.39, 0.29) is 16.6 Å². The summed E-state index contributed by atoms with van der Waals surface area (Å²) >= 11 is 12.1. The number of fused-ring (bicyclic) bond motifs is 1. The van der Waals surface area contributed by atoms with Gasteiger partial charge in [-0.05, 0) is 44.5 Å². The molecule has 0 aliphatic carbocycles. The molecule has 1 N–H and O–H groups in total.